The normalized spacial score (nSPS) is 10.3. The highest BCUT2D eigenvalue weighted by Gasteiger charge is 2.14. The number of pyridine rings is 1. The van der Waals surface area contributed by atoms with E-state index in [4.69, 9.17) is 5.73 Å². The van der Waals surface area contributed by atoms with Gasteiger partial charge in [0.05, 0.1) is 11.3 Å². The van der Waals surface area contributed by atoms with Crippen molar-refractivity contribution in [3.8, 4) is 5.75 Å². The van der Waals surface area contributed by atoms with Crippen molar-refractivity contribution in [1.29, 1.82) is 0 Å². The van der Waals surface area contributed by atoms with Gasteiger partial charge in [-0.2, -0.15) is 8.78 Å². The fraction of sp³-hybridized carbons (Fsp3) is 0.0769. The van der Waals surface area contributed by atoms with Gasteiger partial charge in [0.2, 0.25) is 0 Å². The summed E-state index contributed by atoms with van der Waals surface area (Å²) in [4.78, 5) is 15.8. The topological polar surface area (TPSA) is 77.2 Å². The van der Waals surface area contributed by atoms with Crippen LogP contribution in [0.2, 0.25) is 0 Å². The minimum absolute atomic E-state index is 0.126. The average molecular weight is 279 g/mol. The Morgan fingerprint density at radius 2 is 2.05 bits per heavy atom. The lowest BCUT2D eigenvalue weighted by Crippen LogP contribution is -2.15. The first-order valence-corrected chi connectivity index (χ1v) is 5.62. The van der Waals surface area contributed by atoms with Crippen molar-refractivity contribution in [2.75, 3.05) is 11.1 Å². The summed E-state index contributed by atoms with van der Waals surface area (Å²) in [5.74, 6) is -0.681. The molecule has 104 valence electrons. The Morgan fingerprint density at radius 1 is 1.30 bits per heavy atom. The van der Waals surface area contributed by atoms with E-state index in [1.807, 2.05) is 0 Å². The number of carbonyl (C=O) groups excluding carboxylic acids is 1. The van der Waals surface area contributed by atoms with Crippen LogP contribution in [-0.4, -0.2) is 17.5 Å². The zero-order valence-electron chi connectivity index (χ0n) is 10.2. The van der Waals surface area contributed by atoms with Crippen LogP contribution in [-0.2, 0) is 0 Å². The molecule has 20 heavy (non-hydrogen) atoms. The summed E-state index contributed by atoms with van der Waals surface area (Å²) in [6, 6.07) is 7.35. The number of carbonyl (C=O) groups is 1. The van der Waals surface area contributed by atoms with Crippen molar-refractivity contribution in [1.82, 2.24) is 4.98 Å². The van der Waals surface area contributed by atoms with Crippen molar-refractivity contribution in [2.45, 2.75) is 6.61 Å². The molecule has 1 aromatic heterocycles. The number of rotatable bonds is 4. The molecule has 7 heteroatoms. The fourth-order valence-electron chi connectivity index (χ4n) is 1.55. The number of nitrogens with two attached hydrogens (primary N) is 1. The van der Waals surface area contributed by atoms with Gasteiger partial charge in [-0.15, -0.1) is 0 Å². The van der Waals surface area contributed by atoms with Gasteiger partial charge in [0.1, 0.15) is 5.75 Å². The molecule has 2 rings (SSSR count). The lowest BCUT2D eigenvalue weighted by atomic mass is 10.2. The van der Waals surface area contributed by atoms with Gasteiger partial charge in [-0.05, 0) is 18.2 Å². The third kappa shape index (κ3) is 3.19. The molecule has 0 spiro atoms. The quantitative estimate of drug-likeness (QED) is 0.901. The summed E-state index contributed by atoms with van der Waals surface area (Å²) in [6.07, 6.45) is 2.74. The molecule has 0 saturated carbocycles. The molecule has 0 fully saturated rings. The average Bonchev–Trinajstić information content (AvgIpc) is 2.41. The largest absolute Gasteiger partial charge is 0.433 e. The van der Waals surface area contributed by atoms with E-state index in [1.165, 1.54) is 36.7 Å². The van der Waals surface area contributed by atoms with Crippen LogP contribution in [0, 0.1) is 0 Å². The summed E-state index contributed by atoms with van der Waals surface area (Å²) in [5, 5.41) is 2.46. The molecule has 0 radical (unpaired) electrons. The lowest BCUT2D eigenvalue weighted by molar-refractivity contribution is -0.0493. The zero-order chi connectivity index (χ0) is 14.5. The van der Waals surface area contributed by atoms with Crippen LogP contribution in [0.3, 0.4) is 0 Å². The van der Waals surface area contributed by atoms with Crippen LogP contribution in [0.4, 0.5) is 20.2 Å². The Balaban J connectivity index is 2.22. The number of aromatic nitrogens is 1. The van der Waals surface area contributed by atoms with Crippen LogP contribution in [0.5, 0.6) is 5.75 Å². The molecule has 5 nitrogen and oxygen atoms in total. The van der Waals surface area contributed by atoms with Gasteiger partial charge in [0.15, 0.2) is 0 Å². The minimum Gasteiger partial charge on any atom is -0.433 e. The zero-order valence-corrected chi connectivity index (χ0v) is 10.2. The SMILES string of the molecule is Nc1ccncc1C(=O)Nc1ccccc1OC(F)F. The Morgan fingerprint density at radius 3 is 2.75 bits per heavy atom. The molecule has 2 aromatic rings. The highest BCUT2D eigenvalue weighted by atomic mass is 19.3. The summed E-state index contributed by atoms with van der Waals surface area (Å²) in [6.45, 7) is -2.98. The van der Waals surface area contributed by atoms with Crippen LogP contribution < -0.4 is 15.8 Å². The van der Waals surface area contributed by atoms with Gasteiger partial charge >= 0.3 is 6.61 Å². The molecular formula is C13H11F2N3O2. The molecule has 1 amide bonds. The number of amides is 1. The van der Waals surface area contributed by atoms with Gasteiger partial charge in [0, 0.05) is 18.1 Å². The Kier molecular flexibility index (Phi) is 4.09. The van der Waals surface area contributed by atoms with E-state index in [-0.39, 0.29) is 22.7 Å². The second-order valence-electron chi connectivity index (χ2n) is 3.79. The molecule has 3 N–H and O–H groups in total. The van der Waals surface area contributed by atoms with Crippen molar-refractivity contribution in [3.63, 3.8) is 0 Å². The molecule has 1 heterocycles. The minimum atomic E-state index is -2.98. The molecule has 0 atom stereocenters. The maximum absolute atomic E-state index is 12.3. The summed E-state index contributed by atoms with van der Waals surface area (Å²) < 4.78 is 28.8. The number of anilines is 2. The van der Waals surface area contributed by atoms with E-state index in [1.54, 1.807) is 6.07 Å². The highest BCUT2D eigenvalue weighted by Crippen LogP contribution is 2.26. The maximum Gasteiger partial charge on any atom is 0.387 e. The molecule has 0 bridgehead atoms. The van der Waals surface area contributed by atoms with Gasteiger partial charge in [-0.1, -0.05) is 12.1 Å². The monoisotopic (exact) mass is 279 g/mol. The van der Waals surface area contributed by atoms with Crippen molar-refractivity contribution >= 4 is 17.3 Å². The van der Waals surface area contributed by atoms with E-state index in [9.17, 15) is 13.6 Å². The molecule has 0 unspecified atom stereocenters. The Bertz CT molecular complexity index is 620. The third-order valence-corrected chi connectivity index (χ3v) is 2.45. The van der Waals surface area contributed by atoms with Crippen LogP contribution in [0.1, 0.15) is 10.4 Å². The number of nitrogens with one attached hydrogen (secondary N) is 1. The van der Waals surface area contributed by atoms with Crippen LogP contribution in [0.15, 0.2) is 42.7 Å². The van der Waals surface area contributed by atoms with E-state index in [0.29, 0.717) is 0 Å². The Hall–Kier alpha value is -2.70. The third-order valence-electron chi connectivity index (χ3n) is 2.45. The van der Waals surface area contributed by atoms with Crippen LogP contribution >= 0.6 is 0 Å². The molecule has 1 aromatic carbocycles. The molecule has 0 aliphatic rings. The molecular weight excluding hydrogens is 268 g/mol. The number of hydrogen-bond donors (Lipinski definition) is 2. The van der Waals surface area contributed by atoms with Crippen molar-refractivity contribution in [2.24, 2.45) is 0 Å². The lowest BCUT2D eigenvalue weighted by Gasteiger charge is -2.12. The summed E-state index contributed by atoms with van der Waals surface area (Å²) in [7, 11) is 0. The van der Waals surface area contributed by atoms with Gasteiger partial charge < -0.3 is 15.8 Å². The summed E-state index contributed by atoms with van der Waals surface area (Å²) >= 11 is 0. The number of benzene rings is 1. The molecule has 0 aliphatic carbocycles. The number of ether oxygens (including phenoxy) is 1. The first-order valence-electron chi connectivity index (χ1n) is 5.62. The first-order chi connectivity index (χ1) is 9.58. The molecule has 0 saturated heterocycles. The first kappa shape index (κ1) is 13.7. The maximum atomic E-state index is 12.3. The number of nitrogen functional groups attached to an aromatic ring is 1. The van der Waals surface area contributed by atoms with E-state index < -0.39 is 12.5 Å². The second kappa shape index (κ2) is 5.96. The van der Waals surface area contributed by atoms with Gasteiger partial charge in [0.25, 0.3) is 5.91 Å². The highest BCUT2D eigenvalue weighted by molar-refractivity contribution is 6.08. The fourth-order valence-corrected chi connectivity index (χ4v) is 1.55. The second-order valence-corrected chi connectivity index (χ2v) is 3.79. The predicted octanol–water partition coefficient (Wildman–Crippen LogP) is 2.52. The Labute approximate surface area is 113 Å². The van der Waals surface area contributed by atoms with Gasteiger partial charge in [-0.25, -0.2) is 0 Å². The number of hydrogen-bond acceptors (Lipinski definition) is 4. The predicted molar refractivity (Wildman–Crippen MR) is 69.7 cm³/mol. The van der Waals surface area contributed by atoms with E-state index in [2.05, 4.69) is 15.0 Å². The molecule has 0 aliphatic heterocycles. The summed E-state index contributed by atoms with van der Waals surface area (Å²) in [5.41, 5.74) is 6.16. The smallest absolute Gasteiger partial charge is 0.387 e. The van der Waals surface area contributed by atoms with Crippen molar-refractivity contribution in [3.05, 3.63) is 48.3 Å². The van der Waals surface area contributed by atoms with E-state index in [0.717, 1.165) is 0 Å². The number of para-hydroxylation sites is 2. The number of halogens is 2. The number of nitrogens with zero attached hydrogens (tertiary/aromatic N) is 1. The standard InChI is InChI=1S/C13H11F2N3O2/c14-13(15)20-11-4-2-1-3-10(11)18-12(19)8-7-17-6-5-9(8)16/h1-7,13H,(H2,16,17)(H,18,19). The van der Waals surface area contributed by atoms with Crippen LogP contribution in [0.25, 0.3) is 0 Å². The van der Waals surface area contributed by atoms with Gasteiger partial charge in [-0.3, -0.25) is 9.78 Å². The van der Waals surface area contributed by atoms with Crippen molar-refractivity contribution < 1.29 is 18.3 Å². The number of alkyl halides is 2. The van der Waals surface area contributed by atoms with E-state index >= 15 is 0 Å².